The number of hydrazine groups is 1. The van der Waals surface area contributed by atoms with Gasteiger partial charge < -0.3 is 40.2 Å². The van der Waals surface area contributed by atoms with E-state index in [9.17, 15) is 33.6 Å². The SMILES string of the molecule is CC(=O)O[C@@H](C)/C=C\C(=O)N[C@@H]1C[C@H](C)[C@H](C/C=C(C)/C=C/[C@@H]2C[C@]3(CO3)C[C@@H](CC(=O)NNC(=O)[C@H](C)NC(=O)[C@@H](NC(=O)CCCCCNC(=O)CBr)C(C)C)O2)O[C@@H]1C. The van der Waals surface area contributed by atoms with Crippen LogP contribution in [0.4, 0.5) is 0 Å². The number of allylic oxidation sites excluding steroid dienone is 2. The van der Waals surface area contributed by atoms with Gasteiger partial charge in [-0.05, 0) is 71.3 Å². The van der Waals surface area contributed by atoms with Gasteiger partial charge in [-0.15, -0.1) is 0 Å². The zero-order chi connectivity index (χ0) is 46.0. The van der Waals surface area contributed by atoms with Gasteiger partial charge in [-0.1, -0.05) is 66.9 Å². The van der Waals surface area contributed by atoms with Gasteiger partial charge in [0.05, 0.1) is 54.4 Å². The summed E-state index contributed by atoms with van der Waals surface area (Å²) in [6.45, 7) is 15.2. The first-order chi connectivity index (χ1) is 29.3. The van der Waals surface area contributed by atoms with Crippen LogP contribution < -0.4 is 32.1 Å². The molecule has 0 aromatic rings. The second kappa shape index (κ2) is 25.8. The molecule has 6 N–H and O–H groups in total. The molecule has 17 nitrogen and oxygen atoms in total. The number of amides is 6. The van der Waals surface area contributed by atoms with Gasteiger partial charge in [0.25, 0.3) is 5.91 Å². The number of hydrogen-bond donors (Lipinski definition) is 6. The molecule has 1 spiro atoms. The Bertz CT molecular complexity index is 1650. The first kappa shape index (κ1) is 52.2. The highest BCUT2D eigenvalue weighted by atomic mass is 79.9. The number of nitrogens with one attached hydrogen (secondary N) is 6. The summed E-state index contributed by atoms with van der Waals surface area (Å²) in [6, 6.07) is -2.02. The molecule has 3 fully saturated rings. The van der Waals surface area contributed by atoms with Crippen LogP contribution in [-0.2, 0) is 52.5 Å². The molecule has 0 radical (unpaired) electrons. The summed E-state index contributed by atoms with van der Waals surface area (Å²) in [7, 11) is 0. The molecule has 10 atom stereocenters. The molecule has 0 aliphatic carbocycles. The Balaban J connectivity index is 1.41. The predicted octanol–water partition coefficient (Wildman–Crippen LogP) is 3.26. The van der Waals surface area contributed by atoms with Crippen molar-refractivity contribution in [3.05, 3.63) is 36.0 Å². The van der Waals surface area contributed by atoms with Crippen molar-refractivity contribution in [2.24, 2.45) is 11.8 Å². The average Bonchev–Trinajstić information content (AvgIpc) is 3.95. The molecule has 18 heteroatoms. The molecule has 0 aromatic heterocycles. The van der Waals surface area contributed by atoms with Crippen molar-refractivity contribution in [2.75, 3.05) is 18.5 Å². The van der Waals surface area contributed by atoms with Crippen molar-refractivity contribution in [1.82, 2.24) is 32.1 Å². The third-order valence-corrected chi connectivity index (χ3v) is 11.5. The van der Waals surface area contributed by atoms with E-state index in [0.717, 1.165) is 24.8 Å². The van der Waals surface area contributed by atoms with Crippen LogP contribution in [0.3, 0.4) is 0 Å². The van der Waals surface area contributed by atoms with Gasteiger partial charge in [-0.3, -0.25) is 44.4 Å². The lowest BCUT2D eigenvalue weighted by atomic mass is 9.88. The van der Waals surface area contributed by atoms with E-state index in [1.54, 1.807) is 26.8 Å². The average molecular weight is 938 g/mol. The number of alkyl halides is 1. The minimum absolute atomic E-state index is 0.0154. The number of halogens is 1. The topological polar surface area (TPSA) is 232 Å². The first-order valence-corrected chi connectivity index (χ1v) is 22.9. The van der Waals surface area contributed by atoms with Gasteiger partial charge in [0, 0.05) is 38.8 Å². The third kappa shape index (κ3) is 19.1. The molecule has 3 rings (SSSR count). The summed E-state index contributed by atoms with van der Waals surface area (Å²) in [5.74, 6) is -2.72. The Morgan fingerprint density at radius 2 is 1.60 bits per heavy atom. The number of rotatable bonds is 22. The van der Waals surface area contributed by atoms with E-state index in [2.05, 4.69) is 61.0 Å². The van der Waals surface area contributed by atoms with E-state index in [-0.39, 0.29) is 77.7 Å². The molecule has 0 unspecified atom stereocenters. The maximum atomic E-state index is 13.1. The van der Waals surface area contributed by atoms with Crippen molar-refractivity contribution in [1.29, 1.82) is 0 Å². The molecule has 0 bridgehead atoms. The second-order valence-electron chi connectivity index (χ2n) is 17.2. The predicted molar refractivity (Wildman–Crippen MR) is 235 cm³/mol. The maximum absolute atomic E-state index is 13.1. The van der Waals surface area contributed by atoms with Crippen LogP contribution in [0.25, 0.3) is 0 Å². The highest BCUT2D eigenvalue weighted by Gasteiger charge is 2.51. The fraction of sp³-hybridized carbons (Fsp3) is 0.705. The lowest BCUT2D eigenvalue weighted by molar-refractivity contribution is -0.143. The van der Waals surface area contributed by atoms with Gasteiger partial charge in [0.15, 0.2) is 0 Å². The Morgan fingerprint density at radius 3 is 2.26 bits per heavy atom. The van der Waals surface area contributed by atoms with Crippen molar-refractivity contribution >= 4 is 57.3 Å². The number of carbonyl (C=O) groups excluding carboxylic acids is 7. The molecule has 3 aliphatic heterocycles. The molecule has 0 saturated carbocycles. The van der Waals surface area contributed by atoms with Crippen LogP contribution in [0, 0.1) is 11.8 Å². The van der Waals surface area contributed by atoms with Crippen LogP contribution in [0.1, 0.15) is 113 Å². The monoisotopic (exact) mass is 936 g/mol. The zero-order valence-corrected chi connectivity index (χ0v) is 39.1. The molecular weight excluding hydrogens is 868 g/mol. The third-order valence-electron chi connectivity index (χ3n) is 11.0. The summed E-state index contributed by atoms with van der Waals surface area (Å²) in [5, 5.41) is 11.4. The standard InChI is InChI=1S/C44H69BrN6O11/c1-26(2)41(49-37(53)12-10-9-11-19-46-40(56)24-45)43(58)47-30(6)42(57)51-50-39(55)21-34-23-44(25-59-44)22-33(62-34)16-13-27(3)14-17-36-28(4)20-35(31(7)61-36)48-38(54)18-15-29(5)60-32(8)52/h13-16,18,26,28-31,33-36,41H,9-12,17,19-25H2,1-8H3,(H,46,56)(H,47,58)(H,48,54)(H,49,53)(H,50,55)(H,51,57)/b16-13+,18-15-,27-14+/t28-,29-,30-,31+,33+,34+,35+,36-,41-,44+/m0/s1. The van der Waals surface area contributed by atoms with Gasteiger partial charge in [0.2, 0.25) is 29.5 Å². The van der Waals surface area contributed by atoms with E-state index in [1.807, 2.05) is 26.0 Å². The summed E-state index contributed by atoms with van der Waals surface area (Å²) in [6.07, 6.45) is 12.5. The quantitative estimate of drug-likeness (QED) is 0.0176. The summed E-state index contributed by atoms with van der Waals surface area (Å²) < 4.78 is 23.4. The lowest BCUT2D eigenvalue weighted by Crippen LogP contribution is -2.56. The summed E-state index contributed by atoms with van der Waals surface area (Å²) in [5.41, 5.74) is 5.48. The van der Waals surface area contributed by atoms with E-state index < -0.39 is 48.0 Å². The number of ether oxygens (including phenoxy) is 4. The maximum Gasteiger partial charge on any atom is 0.303 e. The molecule has 3 heterocycles. The first-order valence-electron chi connectivity index (χ1n) is 21.8. The Labute approximate surface area is 374 Å². The van der Waals surface area contributed by atoms with Crippen molar-refractivity contribution in [3.8, 4) is 0 Å². The highest BCUT2D eigenvalue weighted by Crippen LogP contribution is 2.43. The van der Waals surface area contributed by atoms with E-state index in [4.69, 9.17) is 18.9 Å². The van der Waals surface area contributed by atoms with Crippen LogP contribution in [0.2, 0.25) is 0 Å². The second-order valence-corrected chi connectivity index (χ2v) is 17.7. The smallest absolute Gasteiger partial charge is 0.303 e. The van der Waals surface area contributed by atoms with Crippen LogP contribution in [0.15, 0.2) is 36.0 Å². The molecular formula is C44H69BrN6O11. The van der Waals surface area contributed by atoms with Crippen LogP contribution in [0.5, 0.6) is 0 Å². The zero-order valence-electron chi connectivity index (χ0n) is 37.5. The molecule has 3 aliphatic rings. The molecule has 6 amide bonds. The summed E-state index contributed by atoms with van der Waals surface area (Å²) in [4.78, 5) is 86.3. The number of unbranched alkanes of at least 4 members (excludes halogenated alkanes) is 2. The minimum atomic E-state index is -1.00. The lowest BCUT2D eigenvalue weighted by Gasteiger charge is -2.39. The highest BCUT2D eigenvalue weighted by molar-refractivity contribution is 9.09. The minimum Gasteiger partial charge on any atom is -0.459 e. The Hall–Kier alpha value is -4.13. The number of epoxide rings is 1. The largest absolute Gasteiger partial charge is 0.459 e. The van der Waals surface area contributed by atoms with Crippen molar-refractivity contribution < 1.29 is 52.5 Å². The molecule has 62 heavy (non-hydrogen) atoms. The normalized spacial score (nSPS) is 26.3. The van der Waals surface area contributed by atoms with Crippen molar-refractivity contribution in [3.63, 3.8) is 0 Å². The Kier molecular flexibility index (Phi) is 21.8. The van der Waals surface area contributed by atoms with E-state index >= 15 is 0 Å². The summed E-state index contributed by atoms with van der Waals surface area (Å²) >= 11 is 3.09. The fourth-order valence-electron chi connectivity index (χ4n) is 7.39. The van der Waals surface area contributed by atoms with E-state index in [0.29, 0.717) is 38.8 Å². The van der Waals surface area contributed by atoms with Gasteiger partial charge in [0.1, 0.15) is 18.2 Å². The molecule has 348 valence electrons. The van der Waals surface area contributed by atoms with Gasteiger partial charge in [-0.2, -0.15) is 0 Å². The van der Waals surface area contributed by atoms with Gasteiger partial charge >= 0.3 is 5.97 Å². The van der Waals surface area contributed by atoms with Crippen LogP contribution in [-0.4, -0.2) is 114 Å². The molecule has 0 aromatic carbocycles. The number of carbonyl (C=O) groups is 7. The van der Waals surface area contributed by atoms with E-state index in [1.165, 1.54) is 19.9 Å². The molecule has 3 saturated heterocycles. The van der Waals surface area contributed by atoms with Crippen LogP contribution >= 0.6 is 15.9 Å². The van der Waals surface area contributed by atoms with Crippen molar-refractivity contribution in [2.45, 2.75) is 167 Å². The van der Waals surface area contributed by atoms with Gasteiger partial charge in [-0.25, -0.2) is 0 Å². The fourth-order valence-corrected chi connectivity index (χ4v) is 7.58. The Morgan fingerprint density at radius 1 is 0.871 bits per heavy atom. The number of hydrogen-bond acceptors (Lipinski definition) is 11. The number of esters is 1.